The van der Waals surface area contributed by atoms with Crippen LogP contribution in [0.2, 0.25) is 0 Å². The Bertz CT molecular complexity index is 970. The summed E-state index contributed by atoms with van der Waals surface area (Å²) < 4.78 is 6.01. The van der Waals surface area contributed by atoms with Crippen LogP contribution in [-0.4, -0.2) is 29.1 Å². The van der Waals surface area contributed by atoms with Gasteiger partial charge in [0.15, 0.2) is 5.70 Å². The fourth-order valence-electron chi connectivity index (χ4n) is 4.23. The first-order valence-corrected chi connectivity index (χ1v) is 10.8. The lowest BCUT2D eigenvalue weighted by atomic mass is 9.84. The normalized spacial score (nSPS) is 18.6. The molecule has 6 heteroatoms. The van der Waals surface area contributed by atoms with Gasteiger partial charge in [-0.2, -0.15) is 0 Å². The minimum atomic E-state index is -0.732. The molecule has 2 aromatic carbocycles. The third kappa shape index (κ3) is 5.08. The molecule has 0 spiro atoms. The van der Waals surface area contributed by atoms with E-state index in [-0.39, 0.29) is 17.9 Å². The minimum absolute atomic E-state index is 0.0177. The lowest BCUT2D eigenvalue weighted by molar-refractivity contribution is -0.160. The largest absolute Gasteiger partial charge is 0.510 e. The Morgan fingerprint density at radius 1 is 1.13 bits per heavy atom. The molecule has 0 aromatic heterocycles. The zero-order chi connectivity index (χ0) is 22.4. The van der Waals surface area contributed by atoms with Crippen molar-refractivity contribution in [3.8, 4) is 0 Å². The van der Waals surface area contributed by atoms with Crippen molar-refractivity contribution >= 4 is 17.6 Å². The summed E-state index contributed by atoms with van der Waals surface area (Å²) in [7, 11) is 0. The van der Waals surface area contributed by atoms with Crippen LogP contribution >= 0.6 is 0 Å². The summed E-state index contributed by atoms with van der Waals surface area (Å²) in [5.41, 5.74) is 6.89. The van der Waals surface area contributed by atoms with Gasteiger partial charge < -0.3 is 20.5 Å². The van der Waals surface area contributed by atoms with Crippen LogP contribution in [0.3, 0.4) is 0 Å². The predicted octanol–water partition coefficient (Wildman–Crippen LogP) is 4.50. The van der Waals surface area contributed by atoms with Crippen LogP contribution in [0.25, 0.3) is 0 Å². The summed E-state index contributed by atoms with van der Waals surface area (Å²) in [4.78, 5) is 26.4. The molecule has 6 nitrogen and oxygen atoms in total. The Balaban J connectivity index is 1.89. The van der Waals surface area contributed by atoms with Gasteiger partial charge in [0.2, 0.25) is 5.91 Å². The highest BCUT2D eigenvalue weighted by atomic mass is 16.6. The van der Waals surface area contributed by atoms with Gasteiger partial charge in [-0.25, -0.2) is 4.79 Å². The maximum atomic E-state index is 13.1. The van der Waals surface area contributed by atoms with Gasteiger partial charge in [-0.05, 0) is 49.9 Å². The molecule has 164 valence electrons. The molecule has 1 aliphatic rings. The fourth-order valence-corrected chi connectivity index (χ4v) is 4.23. The number of benzene rings is 2. The number of rotatable bonds is 9. The van der Waals surface area contributed by atoms with Crippen LogP contribution in [0, 0.1) is 0 Å². The number of carbonyl (C=O) groups excluding carboxylic acids is 2. The van der Waals surface area contributed by atoms with Gasteiger partial charge in [0.05, 0.1) is 0 Å². The van der Waals surface area contributed by atoms with Crippen molar-refractivity contribution in [1.29, 1.82) is 0 Å². The third-order valence-electron chi connectivity index (χ3n) is 5.71. The van der Waals surface area contributed by atoms with E-state index in [1.54, 1.807) is 29.2 Å². The molecule has 1 aliphatic heterocycles. The first-order valence-electron chi connectivity index (χ1n) is 10.8. The molecule has 1 atom stereocenters. The van der Waals surface area contributed by atoms with Crippen LogP contribution in [0.5, 0.6) is 0 Å². The number of aryl methyl sites for hydroxylation is 1. The number of nitrogens with zero attached hydrogens (tertiary/aromatic N) is 1. The average Bonchev–Trinajstić information content (AvgIpc) is 2.76. The van der Waals surface area contributed by atoms with E-state index in [9.17, 15) is 14.7 Å². The van der Waals surface area contributed by atoms with E-state index < -0.39 is 17.5 Å². The zero-order valence-corrected chi connectivity index (χ0v) is 18.1. The summed E-state index contributed by atoms with van der Waals surface area (Å²) in [5, 5.41) is 11.0. The second-order valence-corrected chi connectivity index (χ2v) is 7.94. The summed E-state index contributed by atoms with van der Waals surface area (Å²) in [6.07, 6.45) is 3.17. The van der Waals surface area contributed by atoms with Crippen LogP contribution < -0.4 is 10.6 Å². The predicted molar refractivity (Wildman–Crippen MR) is 121 cm³/mol. The Kier molecular flexibility index (Phi) is 7.00. The van der Waals surface area contributed by atoms with Gasteiger partial charge in [-0.15, -0.1) is 0 Å². The summed E-state index contributed by atoms with van der Waals surface area (Å²) in [5.74, 6) is -1.08. The quantitative estimate of drug-likeness (QED) is 0.581. The van der Waals surface area contributed by atoms with Crippen molar-refractivity contribution < 1.29 is 19.4 Å². The monoisotopic (exact) mass is 422 g/mol. The van der Waals surface area contributed by atoms with Crippen LogP contribution in [0.4, 0.5) is 5.69 Å². The number of aliphatic hydroxyl groups is 1. The Hall–Kier alpha value is -3.28. The van der Waals surface area contributed by atoms with E-state index in [1.165, 1.54) is 5.56 Å². The molecule has 1 unspecified atom stereocenters. The fraction of sp³-hybridized carbons (Fsp3) is 0.360. The molecule has 0 saturated carbocycles. The van der Waals surface area contributed by atoms with E-state index in [2.05, 4.69) is 12.1 Å². The number of cyclic esters (lactones) is 1. The number of ether oxygens (including phenoxy) is 1. The van der Waals surface area contributed by atoms with Gasteiger partial charge in [0, 0.05) is 24.2 Å². The number of primary amides is 1. The number of carbonyl (C=O) groups is 2. The number of hydrogen-bond acceptors (Lipinski definition) is 5. The second kappa shape index (κ2) is 9.69. The molecule has 2 aromatic rings. The first kappa shape index (κ1) is 22.4. The molecule has 0 fully saturated rings. The lowest BCUT2D eigenvalue weighted by Crippen LogP contribution is -2.44. The summed E-state index contributed by atoms with van der Waals surface area (Å²) in [6.45, 7) is 4.33. The molecule has 1 amide bonds. The standard InChI is InChI=1S/C25H30N2O4/c1-3-14-25(15-13-18-9-6-5-7-10-18)17-21(28)22(24(30)31-25)27(4-2)20-12-8-11-19(16-20)23(26)29/h5-12,16,28H,3-4,13-15,17H2,1-2H3,(H2,26,29). The Morgan fingerprint density at radius 3 is 2.48 bits per heavy atom. The van der Waals surface area contributed by atoms with Crippen molar-refractivity contribution in [3.63, 3.8) is 0 Å². The van der Waals surface area contributed by atoms with Crippen molar-refractivity contribution in [1.82, 2.24) is 0 Å². The van der Waals surface area contributed by atoms with Gasteiger partial charge in [-0.3, -0.25) is 4.79 Å². The number of hydrogen-bond donors (Lipinski definition) is 2. The van der Waals surface area contributed by atoms with Crippen LogP contribution in [0.15, 0.2) is 66.1 Å². The first-order chi connectivity index (χ1) is 14.9. The van der Waals surface area contributed by atoms with Crippen molar-refractivity contribution in [3.05, 3.63) is 77.2 Å². The highest BCUT2D eigenvalue weighted by molar-refractivity contribution is 5.96. The van der Waals surface area contributed by atoms with Gasteiger partial charge in [0.25, 0.3) is 0 Å². The minimum Gasteiger partial charge on any atom is -0.510 e. The number of aliphatic hydroxyl groups excluding tert-OH is 1. The average molecular weight is 423 g/mol. The topological polar surface area (TPSA) is 92.9 Å². The Labute approximate surface area is 183 Å². The third-order valence-corrected chi connectivity index (χ3v) is 5.71. The smallest absolute Gasteiger partial charge is 0.359 e. The number of amides is 1. The number of nitrogens with two attached hydrogens (primary N) is 1. The molecule has 31 heavy (non-hydrogen) atoms. The van der Waals surface area contributed by atoms with Crippen molar-refractivity contribution in [2.24, 2.45) is 5.73 Å². The van der Waals surface area contributed by atoms with Crippen molar-refractivity contribution in [2.45, 2.75) is 51.6 Å². The molecule has 3 N–H and O–H groups in total. The highest BCUT2D eigenvalue weighted by Crippen LogP contribution is 2.38. The summed E-state index contributed by atoms with van der Waals surface area (Å²) in [6, 6.07) is 16.8. The van der Waals surface area contributed by atoms with E-state index >= 15 is 0 Å². The molecule has 0 aliphatic carbocycles. The maximum Gasteiger partial charge on any atom is 0.359 e. The van der Waals surface area contributed by atoms with Gasteiger partial charge in [-0.1, -0.05) is 49.7 Å². The lowest BCUT2D eigenvalue weighted by Gasteiger charge is -2.39. The zero-order valence-electron chi connectivity index (χ0n) is 18.1. The molecular weight excluding hydrogens is 392 g/mol. The number of likely N-dealkylation sites (N-methyl/N-ethyl adjacent to an activating group) is 1. The second-order valence-electron chi connectivity index (χ2n) is 7.94. The van der Waals surface area contributed by atoms with E-state index in [0.29, 0.717) is 30.6 Å². The molecule has 0 saturated heterocycles. The molecule has 0 bridgehead atoms. The van der Waals surface area contributed by atoms with Crippen LogP contribution in [-0.2, 0) is 16.0 Å². The highest BCUT2D eigenvalue weighted by Gasteiger charge is 2.42. The van der Waals surface area contributed by atoms with E-state index in [4.69, 9.17) is 10.5 Å². The SMILES string of the molecule is CCCC1(CCc2ccccc2)CC(O)=C(N(CC)c2cccc(C(N)=O)c2)C(=O)O1. The Morgan fingerprint density at radius 2 is 1.87 bits per heavy atom. The van der Waals surface area contributed by atoms with Gasteiger partial charge >= 0.3 is 5.97 Å². The van der Waals surface area contributed by atoms with Crippen molar-refractivity contribution in [2.75, 3.05) is 11.4 Å². The molecule has 1 heterocycles. The maximum absolute atomic E-state index is 13.1. The van der Waals surface area contributed by atoms with E-state index in [0.717, 1.165) is 12.8 Å². The molecule has 0 radical (unpaired) electrons. The molecular formula is C25H30N2O4. The molecule has 3 rings (SSSR count). The number of anilines is 1. The van der Waals surface area contributed by atoms with Crippen LogP contribution in [0.1, 0.15) is 55.5 Å². The number of esters is 1. The van der Waals surface area contributed by atoms with E-state index in [1.807, 2.05) is 32.0 Å². The summed E-state index contributed by atoms with van der Waals surface area (Å²) >= 11 is 0. The van der Waals surface area contributed by atoms with Gasteiger partial charge in [0.1, 0.15) is 11.4 Å².